The summed E-state index contributed by atoms with van der Waals surface area (Å²) in [5, 5.41) is 10.6. The molecule has 3 heterocycles. The maximum atomic E-state index is 12.5. The molecule has 1 aromatic heterocycles. The molecule has 156 valence electrons. The Morgan fingerprint density at radius 1 is 1.11 bits per heavy atom. The van der Waals surface area contributed by atoms with Crippen LogP contribution in [0.3, 0.4) is 0 Å². The first-order valence-corrected chi connectivity index (χ1v) is 11.0. The van der Waals surface area contributed by atoms with Crippen LogP contribution in [-0.2, 0) is 20.1 Å². The summed E-state index contributed by atoms with van der Waals surface area (Å²) in [6.45, 7) is 11.9. The van der Waals surface area contributed by atoms with Crippen molar-refractivity contribution in [2.24, 2.45) is 17.9 Å². The van der Waals surface area contributed by atoms with Crippen LogP contribution in [0.25, 0.3) is 0 Å². The van der Waals surface area contributed by atoms with Gasteiger partial charge in [0.05, 0.1) is 5.69 Å². The van der Waals surface area contributed by atoms with Crippen LogP contribution in [0.4, 0.5) is 0 Å². The Kier molecular flexibility index (Phi) is 5.11. The summed E-state index contributed by atoms with van der Waals surface area (Å²) in [5.41, 5.74) is 2.30. The molecule has 1 saturated carbocycles. The van der Waals surface area contributed by atoms with E-state index in [-0.39, 0.29) is 11.2 Å². The van der Waals surface area contributed by atoms with Crippen LogP contribution < -0.4 is 5.43 Å². The van der Waals surface area contributed by atoms with E-state index in [1.54, 1.807) is 6.07 Å². The summed E-state index contributed by atoms with van der Waals surface area (Å²) >= 11 is 0. The van der Waals surface area contributed by atoms with Crippen LogP contribution in [0.5, 0.6) is 5.75 Å². The Morgan fingerprint density at radius 2 is 1.82 bits per heavy atom. The van der Waals surface area contributed by atoms with Crippen LogP contribution in [0.1, 0.15) is 70.7 Å². The highest BCUT2D eigenvalue weighted by Gasteiger charge is 2.49. The molecule has 4 rings (SSSR count). The zero-order valence-corrected chi connectivity index (χ0v) is 18.1. The Labute approximate surface area is 169 Å². The van der Waals surface area contributed by atoms with Gasteiger partial charge in [0.25, 0.3) is 0 Å². The van der Waals surface area contributed by atoms with E-state index >= 15 is 0 Å². The number of aromatic hydroxyl groups is 1. The average Bonchev–Trinajstić information content (AvgIpc) is 2.85. The quantitative estimate of drug-likeness (QED) is 0.859. The van der Waals surface area contributed by atoms with Gasteiger partial charge in [-0.3, -0.25) is 14.6 Å². The van der Waals surface area contributed by atoms with Crippen molar-refractivity contribution in [2.45, 2.75) is 78.4 Å². The van der Waals surface area contributed by atoms with Crippen molar-refractivity contribution in [1.29, 1.82) is 0 Å². The van der Waals surface area contributed by atoms with E-state index in [1.165, 1.54) is 38.5 Å². The molecule has 0 spiro atoms. The third-order valence-electron chi connectivity index (χ3n) is 7.35. The van der Waals surface area contributed by atoms with E-state index in [4.69, 9.17) is 0 Å². The van der Waals surface area contributed by atoms with Crippen molar-refractivity contribution in [3.63, 3.8) is 0 Å². The van der Waals surface area contributed by atoms with E-state index in [0.29, 0.717) is 23.4 Å². The average molecular weight is 388 g/mol. The van der Waals surface area contributed by atoms with Crippen LogP contribution in [0, 0.1) is 10.8 Å². The highest BCUT2D eigenvalue weighted by molar-refractivity contribution is 5.30. The molecule has 0 unspecified atom stereocenters. The third kappa shape index (κ3) is 3.88. The maximum absolute atomic E-state index is 12.5. The minimum absolute atomic E-state index is 0.0595. The summed E-state index contributed by atoms with van der Waals surface area (Å²) in [5.74, 6) is -0.0595. The van der Waals surface area contributed by atoms with Gasteiger partial charge in [0.15, 0.2) is 5.75 Å². The molecule has 3 fully saturated rings. The van der Waals surface area contributed by atoms with Gasteiger partial charge >= 0.3 is 0 Å². The van der Waals surface area contributed by atoms with Gasteiger partial charge in [-0.2, -0.15) is 0 Å². The molecule has 5 nitrogen and oxygen atoms in total. The number of piperidine rings is 1. The number of fused-ring (bicyclic) bond motifs is 2. The molecule has 1 aliphatic carbocycles. The second-order valence-corrected chi connectivity index (χ2v) is 10.8. The van der Waals surface area contributed by atoms with Crippen molar-refractivity contribution in [1.82, 2.24) is 14.4 Å². The second-order valence-electron chi connectivity index (χ2n) is 10.8. The fourth-order valence-corrected chi connectivity index (χ4v) is 6.42. The normalized spacial score (nSPS) is 30.6. The smallest absolute Gasteiger partial charge is 0.223 e. The van der Waals surface area contributed by atoms with Crippen molar-refractivity contribution in [3.8, 4) is 5.75 Å². The summed E-state index contributed by atoms with van der Waals surface area (Å²) in [7, 11) is 2.02. The minimum atomic E-state index is -0.228. The van der Waals surface area contributed by atoms with E-state index < -0.39 is 0 Å². The molecule has 0 aromatic carbocycles. The van der Waals surface area contributed by atoms with E-state index in [2.05, 4.69) is 35.1 Å². The van der Waals surface area contributed by atoms with Crippen molar-refractivity contribution in [3.05, 3.63) is 27.7 Å². The van der Waals surface area contributed by atoms with Gasteiger partial charge in [-0.25, -0.2) is 0 Å². The first-order valence-electron chi connectivity index (χ1n) is 11.0. The molecular formula is C23H37N3O2. The number of pyridine rings is 1. The number of aromatic nitrogens is 1. The lowest BCUT2D eigenvalue weighted by Crippen LogP contribution is -2.35. The predicted octanol–water partition coefficient (Wildman–Crippen LogP) is 3.48. The largest absolute Gasteiger partial charge is 0.503 e. The lowest BCUT2D eigenvalue weighted by atomic mass is 9.65. The Hall–Kier alpha value is -1.33. The van der Waals surface area contributed by atoms with Crippen LogP contribution >= 0.6 is 0 Å². The summed E-state index contributed by atoms with van der Waals surface area (Å²) in [4.78, 5) is 17.5. The lowest BCUT2D eigenvalue weighted by molar-refractivity contribution is 0.126. The molecule has 28 heavy (non-hydrogen) atoms. The topological polar surface area (TPSA) is 48.7 Å². The number of likely N-dealkylation sites (tertiary alicyclic amines) is 2. The second kappa shape index (κ2) is 7.17. The first-order chi connectivity index (χ1) is 13.2. The van der Waals surface area contributed by atoms with Gasteiger partial charge in [0.2, 0.25) is 5.43 Å². The molecule has 2 aliphatic heterocycles. The number of hydrogen-bond acceptors (Lipinski definition) is 4. The maximum Gasteiger partial charge on any atom is 0.223 e. The van der Waals surface area contributed by atoms with Crippen molar-refractivity contribution < 1.29 is 5.11 Å². The third-order valence-corrected chi connectivity index (χ3v) is 7.35. The van der Waals surface area contributed by atoms with Gasteiger partial charge in [-0.1, -0.05) is 27.2 Å². The molecule has 2 atom stereocenters. The SMILES string of the molecule is Cn1c(CN2CCCCC2)cc(=O)c(O)c1CN1C[C@@]2(C)C[C@@H]1CC(C)(C)C2. The zero-order valence-electron chi connectivity index (χ0n) is 18.1. The molecular weight excluding hydrogens is 350 g/mol. The summed E-state index contributed by atoms with van der Waals surface area (Å²) in [6, 6.07) is 2.19. The fourth-order valence-electron chi connectivity index (χ4n) is 6.42. The molecule has 3 aliphatic rings. The van der Waals surface area contributed by atoms with Gasteiger partial charge in [0.1, 0.15) is 0 Å². The van der Waals surface area contributed by atoms with Crippen LogP contribution in [-0.4, -0.2) is 45.1 Å². The fraction of sp³-hybridized carbons (Fsp3) is 0.783. The van der Waals surface area contributed by atoms with Crippen LogP contribution in [0.2, 0.25) is 0 Å². The number of rotatable bonds is 4. The lowest BCUT2D eigenvalue weighted by Gasteiger charge is -2.40. The van der Waals surface area contributed by atoms with Gasteiger partial charge in [0, 0.05) is 44.5 Å². The number of hydrogen-bond donors (Lipinski definition) is 1. The number of nitrogens with zero attached hydrogens (tertiary/aromatic N) is 3. The Balaban J connectivity index is 1.58. The molecule has 1 aromatic rings. The van der Waals surface area contributed by atoms with Crippen molar-refractivity contribution >= 4 is 0 Å². The van der Waals surface area contributed by atoms with E-state index in [0.717, 1.165) is 37.6 Å². The highest BCUT2D eigenvalue weighted by Crippen LogP contribution is 2.52. The Morgan fingerprint density at radius 3 is 2.54 bits per heavy atom. The molecule has 0 radical (unpaired) electrons. The van der Waals surface area contributed by atoms with Gasteiger partial charge in [-0.15, -0.1) is 0 Å². The Bertz CT molecular complexity index is 794. The van der Waals surface area contributed by atoms with Crippen molar-refractivity contribution in [2.75, 3.05) is 19.6 Å². The predicted molar refractivity (Wildman–Crippen MR) is 112 cm³/mol. The zero-order chi connectivity index (χ0) is 20.1. The van der Waals surface area contributed by atoms with E-state index in [1.807, 2.05) is 7.05 Å². The van der Waals surface area contributed by atoms with Gasteiger partial charge in [-0.05, 0) is 56.0 Å². The van der Waals surface area contributed by atoms with Crippen LogP contribution in [0.15, 0.2) is 10.9 Å². The highest BCUT2D eigenvalue weighted by atomic mass is 16.3. The minimum Gasteiger partial charge on any atom is -0.503 e. The molecule has 2 bridgehead atoms. The summed E-state index contributed by atoms with van der Waals surface area (Å²) < 4.78 is 2.08. The molecule has 0 amide bonds. The molecule has 2 saturated heterocycles. The monoisotopic (exact) mass is 387 g/mol. The summed E-state index contributed by atoms with van der Waals surface area (Å²) in [6.07, 6.45) is 7.48. The van der Waals surface area contributed by atoms with E-state index in [9.17, 15) is 9.90 Å². The molecule has 1 N–H and O–H groups in total. The molecule has 5 heteroatoms. The van der Waals surface area contributed by atoms with Gasteiger partial charge < -0.3 is 9.67 Å². The standard InChI is InChI=1S/C23H37N3O2/c1-22(2)11-18-12-23(3,15-22)16-26(18)14-19-21(28)20(27)10-17(24(19)4)13-25-8-6-5-7-9-25/h10,18,28H,5-9,11-16H2,1-4H3/t18-,23-/m0/s1. The first kappa shape index (κ1) is 20.0.